The molecule has 1 unspecified atom stereocenters. The molecular formula is C17H23ClN4O4. The topological polar surface area (TPSA) is 109 Å². The second kappa shape index (κ2) is 8.46. The van der Waals surface area contributed by atoms with Crippen molar-refractivity contribution in [1.29, 1.82) is 0 Å². The van der Waals surface area contributed by atoms with E-state index < -0.39 is 12.0 Å². The van der Waals surface area contributed by atoms with Gasteiger partial charge in [0.2, 0.25) is 0 Å². The number of halogens is 1. The van der Waals surface area contributed by atoms with Crippen LogP contribution in [0.3, 0.4) is 0 Å². The van der Waals surface area contributed by atoms with Crippen LogP contribution in [0.25, 0.3) is 11.0 Å². The molecule has 1 atom stereocenters. The molecule has 1 heterocycles. The van der Waals surface area contributed by atoms with Crippen LogP contribution in [0.4, 0.5) is 0 Å². The number of amides is 1. The number of hydrogen-bond donors (Lipinski definition) is 2. The molecule has 0 saturated heterocycles. The molecule has 2 N–H and O–H groups in total. The number of fused-ring (bicyclic) bond motifs is 1. The molecular weight excluding hydrogens is 360 g/mol. The summed E-state index contributed by atoms with van der Waals surface area (Å²) in [6.45, 7) is 1.65. The zero-order valence-corrected chi connectivity index (χ0v) is 15.5. The lowest BCUT2D eigenvalue weighted by atomic mass is 9.89. The number of carboxylic acid groups (broad SMARTS) is 1. The van der Waals surface area contributed by atoms with Gasteiger partial charge in [0, 0.05) is 24.7 Å². The number of nitrogens with zero attached hydrogens (tertiary/aromatic N) is 3. The highest BCUT2D eigenvalue weighted by molar-refractivity contribution is 5.97. The van der Waals surface area contributed by atoms with Crippen molar-refractivity contribution in [2.45, 2.75) is 50.7 Å². The van der Waals surface area contributed by atoms with Crippen molar-refractivity contribution in [2.75, 3.05) is 7.05 Å². The number of benzene rings is 1. The van der Waals surface area contributed by atoms with Crippen molar-refractivity contribution in [1.82, 2.24) is 20.5 Å². The first-order valence-electron chi connectivity index (χ1n) is 8.44. The molecule has 0 radical (unpaired) electrons. The number of aromatic nitrogens is 2. The minimum atomic E-state index is -0.841. The van der Waals surface area contributed by atoms with E-state index in [9.17, 15) is 9.59 Å². The van der Waals surface area contributed by atoms with Gasteiger partial charge in [0.15, 0.2) is 0 Å². The maximum absolute atomic E-state index is 12.7. The fourth-order valence-corrected chi connectivity index (χ4v) is 3.34. The average molecular weight is 383 g/mol. The van der Waals surface area contributed by atoms with E-state index in [1.807, 2.05) is 7.05 Å². The van der Waals surface area contributed by atoms with E-state index in [1.54, 1.807) is 30.0 Å². The van der Waals surface area contributed by atoms with Crippen molar-refractivity contribution < 1.29 is 19.3 Å². The highest BCUT2D eigenvalue weighted by Crippen LogP contribution is 2.24. The van der Waals surface area contributed by atoms with Gasteiger partial charge in [0.1, 0.15) is 17.1 Å². The zero-order valence-electron chi connectivity index (χ0n) is 14.7. The molecule has 1 aliphatic rings. The Balaban J connectivity index is 0.00000243. The molecule has 2 aromatic rings. The van der Waals surface area contributed by atoms with E-state index in [4.69, 9.17) is 5.11 Å². The third-order valence-corrected chi connectivity index (χ3v) is 4.92. The van der Waals surface area contributed by atoms with Gasteiger partial charge in [-0.2, -0.15) is 0 Å². The van der Waals surface area contributed by atoms with Gasteiger partial charge in [0.05, 0.1) is 0 Å². The molecule has 1 aliphatic carbocycles. The van der Waals surface area contributed by atoms with Gasteiger partial charge in [0.25, 0.3) is 5.91 Å². The number of rotatable bonds is 5. The summed E-state index contributed by atoms with van der Waals surface area (Å²) < 4.78 is 4.66. The van der Waals surface area contributed by atoms with Crippen LogP contribution >= 0.6 is 12.4 Å². The van der Waals surface area contributed by atoms with E-state index in [1.165, 1.54) is 0 Å². The van der Waals surface area contributed by atoms with Gasteiger partial charge in [-0.25, -0.2) is 4.63 Å². The summed E-state index contributed by atoms with van der Waals surface area (Å²) in [5.74, 6) is -0.896. The van der Waals surface area contributed by atoms with Crippen LogP contribution in [0, 0.1) is 0 Å². The number of nitrogens with one attached hydrogen (secondary N) is 1. The third kappa shape index (κ3) is 4.31. The molecule has 9 heteroatoms. The van der Waals surface area contributed by atoms with Crippen molar-refractivity contribution in [3.63, 3.8) is 0 Å². The molecule has 142 valence electrons. The number of aliphatic carboxylic acids is 1. The van der Waals surface area contributed by atoms with Gasteiger partial charge in [-0.3, -0.25) is 9.59 Å². The summed E-state index contributed by atoms with van der Waals surface area (Å²) >= 11 is 0. The lowest BCUT2D eigenvalue weighted by molar-refractivity contribution is -0.139. The summed E-state index contributed by atoms with van der Waals surface area (Å²) in [7, 11) is 1.81. The van der Waals surface area contributed by atoms with E-state index in [-0.39, 0.29) is 30.4 Å². The molecule has 1 saturated carbocycles. The van der Waals surface area contributed by atoms with Crippen LogP contribution in [0.2, 0.25) is 0 Å². The van der Waals surface area contributed by atoms with Crippen molar-refractivity contribution in [2.24, 2.45) is 0 Å². The summed E-state index contributed by atoms with van der Waals surface area (Å²) in [4.78, 5) is 25.4. The van der Waals surface area contributed by atoms with E-state index in [0.29, 0.717) is 16.6 Å². The standard InChI is InChI=1S/C17H22N4O4.ClH/c1-10(17(23)24)18-12-4-6-13(7-5-12)21(2)16(22)11-3-8-14-15(9-11)20-25-19-14;/h3,8-10,12-13,18H,4-7H2,1-2H3,(H,23,24);1H/t10?,12-,13-;. The predicted octanol–water partition coefficient (Wildman–Crippen LogP) is 2.09. The summed E-state index contributed by atoms with van der Waals surface area (Å²) in [6, 6.07) is 4.92. The van der Waals surface area contributed by atoms with Crippen LogP contribution in [-0.4, -0.2) is 57.4 Å². The van der Waals surface area contributed by atoms with E-state index in [2.05, 4.69) is 20.3 Å². The predicted molar refractivity (Wildman–Crippen MR) is 97.4 cm³/mol. The Morgan fingerprint density at radius 1 is 1.23 bits per heavy atom. The lowest BCUT2D eigenvalue weighted by Crippen LogP contribution is -2.47. The maximum Gasteiger partial charge on any atom is 0.320 e. The highest BCUT2D eigenvalue weighted by Gasteiger charge is 2.28. The fourth-order valence-electron chi connectivity index (χ4n) is 3.34. The summed E-state index contributed by atoms with van der Waals surface area (Å²) in [5.41, 5.74) is 1.75. The first-order chi connectivity index (χ1) is 12.0. The summed E-state index contributed by atoms with van der Waals surface area (Å²) in [6.07, 6.45) is 3.40. The van der Waals surface area contributed by atoms with Gasteiger partial charge in [-0.1, -0.05) is 0 Å². The Morgan fingerprint density at radius 3 is 2.54 bits per heavy atom. The van der Waals surface area contributed by atoms with Crippen molar-refractivity contribution in [3.8, 4) is 0 Å². The van der Waals surface area contributed by atoms with Gasteiger partial charge < -0.3 is 15.3 Å². The molecule has 3 rings (SSSR count). The normalized spacial score (nSPS) is 21.0. The second-order valence-electron chi connectivity index (χ2n) is 6.62. The minimum Gasteiger partial charge on any atom is -0.480 e. The summed E-state index contributed by atoms with van der Waals surface area (Å²) in [5, 5.41) is 19.6. The third-order valence-electron chi connectivity index (χ3n) is 4.92. The van der Waals surface area contributed by atoms with Crippen molar-refractivity contribution >= 4 is 35.3 Å². The largest absolute Gasteiger partial charge is 0.480 e. The number of hydrogen-bond acceptors (Lipinski definition) is 6. The van der Waals surface area contributed by atoms with Crippen molar-refractivity contribution in [3.05, 3.63) is 23.8 Å². The molecule has 0 spiro atoms. The van der Waals surface area contributed by atoms with Crippen LogP contribution in [0.5, 0.6) is 0 Å². The highest BCUT2D eigenvalue weighted by atomic mass is 35.5. The van der Waals surface area contributed by atoms with Crippen LogP contribution in [0.1, 0.15) is 43.0 Å². The van der Waals surface area contributed by atoms with Gasteiger partial charge >= 0.3 is 5.97 Å². The number of carboxylic acids is 1. The molecule has 1 fully saturated rings. The second-order valence-corrected chi connectivity index (χ2v) is 6.62. The maximum atomic E-state index is 12.7. The average Bonchev–Trinajstić information content (AvgIpc) is 3.08. The van der Waals surface area contributed by atoms with Crippen LogP contribution in [0.15, 0.2) is 22.8 Å². The Labute approximate surface area is 157 Å². The van der Waals surface area contributed by atoms with E-state index in [0.717, 1.165) is 25.7 Å². The molecule has 26 heavy (non-hydrogen) atoms. The quantitative estimate of drug-likeness (QED) is 0.814. The Hall–Kier alpha value is -2.19. The van der Waals surface area contributed by atoms with Gasteiger partial charge in [-0.05, 0) is 61.1 Å². The molecule has 1 aromatic heterocycles. The Morgan fingerprint density at radius 2 is 1.88 bits per heavy atom. The Kier molecular flexibility index (Phi) is 6.55. The molecule has 1 amide bonds. The van der Waals surface area contributed by atoms with Crippen LogP contribution < -0.4 is 5.32 Å². The van der Waals surface area contributed by atoms with E-state index >= 15 is 0 Å². The first kappa shape index (κ1) is 20.1. The minimum absolute atomic E-state index is 0. The molecule has 0 bridgehead atoms. The number of carbonyl (C=O) groups excluding carboxylic acids is 1. The van der Waals surface area contributed by atoms with Gasteiger partial charge in [-0.15, -0.1) is 12.4 Å². The Bertz CT molecular complexity index is 773. The number of carbonyl (C=O) groups is 2. The van der Waals surface area contributed by atoms with Crippen LogP contribution in [-0.2, 0) is 4.79 Å². The first-order valence-corrected chi connectivity index (χ1v) is 8.44. The lowest BCUT2D eigenvalue weighted by Gasteiger charge is -2.35. The molecule has 8 nitrogen and oxygen atoms in total. The smallest absolute Gasteiger partial charge is 0.320 e. The fraction of sp³-hybridized carbons (Fsp3) is 0.529. The molecule has 1 aromatic carbocycles. The molecule has 0 aliphatic heterocycles. The SMILES string of the molecule is CC(N[C@H]1CC[C@H](N(C)C(=O)c2ccc3nonc3c2)CC1)C(=O)O.Cl. The monoisotopic (exact) mass is 382 g/mol. The zero-order chi connectivity index (χ0) is 18.0.